The Kier molecular flexibility index (Phi) is 5.47. The van der Waals surface area contributed by atoms with Crippen molar-refractivity contribution in [2.75, 3.05) is 13.1 Å². The van der Waals surface area contributed by atoms with Gasteiger partial charge in [-0.2, -0.15) is 0 Å². The maximum absolute atomic E-state index is 13.0. The van der Waals surface area contributed by atoms with Crippen molar-refractivity contribution in [3.05, 3.63) is 66.2 Å². The highest BCUT2D eigenvalue weighted by atomic mass is 16.1. The molecule has 0 heterocycles. The number of hydrogen-bond acceptors (Lipinski definition) is 1. The molecule has 0 radical (unpaired) electrons. The lowest BCUT2D eigenvalue weighted by Gasteiger charge is -2.45. The minimum absolute atomic E-state index is 0.256. The van der Waals surface area contributed by atoms with E-state index in [4.69, 9.17) is 0 Å². The predicted molar refractivity (Wildman–Crippen MR) is 101 cm³/mol. The first kappa shape index (κ1) is 16.9. The quantitative estimate of drug-likeness (QED) is 0.526. The van der Waals surface area contributed by atoms with Gasteiger partial charge in [-0.05, 0) is 44.7 Å². The molecule has 0 N–H and O–H groups in total. The first-order chi connectivity index (χ1) is 11.8. The zero-order valence-electron chi connectivity index (χ0n) is 14.7. The summed E-state index contributed by atoms with van der Waals surface area (Å²) in [6, 6.07) is 21.0. The van der Waals surface area contributed by atoms with Crippen LogP contribution in [-0.4, -0.2) is 24.9 Å². The molecule has 0 saturated heterocycles. The van der Waals surface area contributed by atoms with E-state index in [1.807, 2.05) is 30.3 Å². The molecule has 24 heavy (non-hydrogen) atoms. The summed E-state index contributed by atoms with van der Waals surface area (Å²) in [7, 11) is 0. The number of ketones is 1. The van der Waals surface area contributed by atoms with E-state index in [9.17, 15) is 4.79 Å². The monoisotopic (exact) mass is 322 g/mol. The molecule has 1 aliphatic carbocycles. The molecule has 2 aromatic carbocycles. The molecule has 1 aliphatic rings. The molecule has 0 aromatic heterocycles. The van der Waals surface area contributed by atoms with Crippen molar-refractivity contribution in [2.45, 2.75) is 45.1 Å². The maximum Gasteiger partial charge on any atom is 0.217 e. The number of Topliss-reactive ketones (excluding diaryl/α,β-unsaturated/α-hetero) is 1. The van der Waals surface area contributed by atoms with E-state index in [0.29, 0.717) is 12.6 Å². The van der Waals surface area contributed by atoms with E-state index in [-0.39, 0.29) is 5.78 Å². The van der Waals surface area contributed by atoms with Gasteiger partial charge in [0.1, 0.15) is 12.2 Å². The van der Waals surface area contributed by atoms with Crippen LogP contribution in [0.2, 0.25) is 0 Å². The Hall–Kier alpha value is -1.93. The lowest BCUT2D eigenvalue weighted by molar-refractivity contribution is 0.0876. The average molecular weight is 322 g/mol. The van der Waals surface area contributed by atoms with Gasteiger partial charge in [0, 0.05) is 5.56 Å². The number of quaternary nitrogens is 1. The number of hydrogen-bond donors (Lipinski definition) is 0. The third kappa shape index (κ3) is 3.44. The molecule has 2 nitrogen and oxygen atoms in total. The zero-order chi connectivity index (χ0) is 16.8. The zero-order valence-corrected chi connectivity index (χ0v) is 14.7. The number of benzene rings is 2. The third-order valence-electron chi connectivity index (χ3n) is 5.63. The van der Waals surface area contributed by atoms with Crippen LogP contribution in [0.1, 0.15) is 49.4 Å². The summed E-state index contributed by atoms with van der Waals surface area (Å²) in [5.74, 6) is 0.256. The molecule has 1 saturated carbocycles. The van der Waals surface area contributed by atoms with E-state index >= 15 is 0 Å². The first-order valence-corrected chi connectivity index (χ1v) is 9.27. The fraction of sp³-hybridized carbons (Fsp3) is 0.409. The van der Waals surface area contributed by atoms with Gasteiger partial charge in [0.2, 0.25) is 5.78 Å². The van der Waals surface area contributed by atoms with E-state index < -0.39 is 0 Å². The van der Waals surface area contributed by atoms with Crippen molar-refractivity contribution in [3.8, 4) is 0 Å². The Labute approximate surface area is 145 Å². The predicted octanol–water partition coefficient (Wildman–Crippen LogP) is 5.23. The highest BCUT2D eigenvalue weighted by Crippen LogP contribution is 2.34. The highest BCUT2D eigenvalue weighted by molar-refractivity contribution is 5.98. The molecule has 0 spiro atoms. The fourth-order valence-electron chi connectivity index (χ4n) is 4.26. The van der Waals surface area contributed by atoms with Crippen molar-refractivity contribution in [3.63, 3.8) is 0 Å². The standard InChI is InChI=1S/C22H28NO/c1-2-23(20-14-8-4-9-15-20,21-16-10-5-11-17-21)18-22(24)19-12-6-3-7-13-19/h3-4,6-9,12-15,21H,2,5,10-11,16-18H2,1H3/q+1. The summed E-state index contributed by atoms with van der Waals surface area (Å²) >= 11 is 0. The van der Waals surface area contributed by atoms with Crippen LogP contribution in [0.5, 0.6) is 0 Å². The van der Waals surface area contributed by atoms with Gasteiger partial charge in [-0.1, -0.05) is 55.0 Å². The third-order valence-corrected chi connectivity index (χ3v) is 5.63. The van der Waals surface area contributed by atoms with Gasteiger partial charge in [-0.3, -0.25) is 9.28 Å². The summed E-state index contributed by atoms with van der Waals surface area (Å²) in [5, 5.41) is 0. The second-order valence-corrected chi connectivity index (χ2v) is 6.93. The van der Waals surface area contributed by atoms with Gasteiger partial charge in [-0.15, -0.1) is 0 Å². The van der Waals surface area contributed by atoms with Crippen LogP contribution in [0.3, 0.4) is 0 Å². The Morgan fingerprint density at radius 3 is 2.08 bits per heavy atom. The van der Waals surface area contributed by atoms with Crippen molar-refractivity contribution >= 4 is 11.5 Å². The summed E-state index contributed by atoms with van der Waals surface area (Å²) in [6.07, 6.45) is 6.37. The van der Waals surface area contributed by atoms with Crippen LogP contribution < -0.4 is 4.48 Å². The van der Waals surface area contributed by atoms with Gasteiger partial charge in [0.05, 0.1) is 12.6 Å². The number of carbonyl (C=O) groups excluding carboxylic acids is 1. The smallest absolute Gasteiger partial charge is 0.217 e. The highest BCUT2D eigenvalue weighted by Gasteiger charge is 2.40. The fourth-order valence-corrected chi connectivity index (χ4v) is 4.26. The average Bonchev–Trinajstić information content (AvgIpc) is 2.68. The molecular weight excluding hydrogens is 294 g/mol. The van der Waals surface area contributed by atoms with Crippen LogP contribution in [0.4, 0.5) is 5.69 Å². The molecular formula is C22H28NO+. The summed E-state index contributed by atoms with van der Waals surface area (Å²) in [6.45, 7) is 3.77. The molecule has 0 aliphatic heterocycles. The van der Waals surface area contributed by atoms with E-state index in [2.05, 4.69) is 37.3 Å². The summed E-state index contributed by atoms with van der Waals surface area (Å²) in [4.78, 5) is 13.0. The van der Waals surface area contributed by atoms with Gasteiger partial charge in [0.15, 0.2) is 0 Å². The van der Waals surface area contributed by atoms with Gasteiger partial charge in [-0.25, -0.2) is 0 Å². The molecule has 126 valence electrons. The van der Waals surface area contributed by atoms with Crippen molar-refractivity contribution in [1.29, 1.82) is 0 Å². The number of rotatable bonds is 6. The van der Waals surface area contributed by atoms with Crippen LogP contribution in [0.25, 0.3) is 0 Å². The minimum Gasteiger partial charge on any atom is -0.288 e. The van der Waals surface area contributed by atoms with Crippen molar-refractivity contribution in [1.82, 2.24) is 4.48 Å². The van der Waals surface area contributed by atoms with Crippen LogP contribution >= 0.6 is 0 Å². The van der Waals surface area contributed by atoms with E-state index in [1.54, 1.807) is 0 Å². The summed E-state index contributed by atoms with van der Waals surface area (Å²) < 4.78 is 0.800. The molecule has 0 amide bonds. The largest absolute Gasteiger partial charge is 0.288 e. The summed E-state index contributed by atoms with van der Waals surface area (Å²) in [5.41, 5.74) is 2.12. The number of para-hydroxylation sites is 1. The van der Waals surface area contributed by atoms with Crippen LogP contribution in [0, 0.1) is 0 Å². The Morgan fingerprint density at radius 2 is 1.50 bits per heavy atom. The minimum atomic E-state index is 0.256. The van der Waals surface area contributed by atoms with E-state index in [0.717, 1.165) is 16.6 Å². The van der Waals surface area contributed by atoms with Gasteiger partial charge >= 0.3 is 0 Å². The first-order valence-electron chi connectivity index (χ1n) is 9.27. The van der Waals surface area contributed by atoms with Crippen LogP contribution in [-0.2, 0) is 0 Å². The Morgan fingerprint density at radius 1 is 0.917 bits per heavy atom. The molecule has 0 bridgehead atoms. The SMILES string of the molecule is CC[N+](CC(=O)c1ccccc1)(c1ccccc1)C1CCCCC1. The molecule has 1 fully saturated rings. The topological polar surface area (TPSA) is 17.1 Å². The number of nitrogens with zero attached hydrogens (tertiary/aromatic N) is 1. The number of carbonyl (C=O) groups is 1. The Balaban J connectivity index is 1.96. The lowest BCUT2D eigenvalue weighted by Crippen LogP contribution is -2.59. The van der Waals surface area contributed by atoms with Gasteiger partial charge in [0.25, 0.3) is 0 Å². The molecule has 1 atom stereocenters. The van der Waals surface area contributed by atoms with Crippen LogP contribution in [0.15, 0.2) is 60.7 Å². The lowest BCUT2D eigenvalue weighted by atomic mass is 9.90. The molecule has 3 rings (SSSR count). The molecule has 2 aromatic rings. The Bertz CT molecular complexity index is 646. The second kappa shape index (κ2) is 7.76. The molecule has 1 unspecified atom stereocenters. The van der Waals surface area contributed by atoms with Crippen molar-refractivity contribution in [2.24, 2.45) is 0 Å². The van der Waals surface area contributed by atoms with Crippen molar-refractivity contribution < 1.29 is 4.79 Å². The van der Waals surface area contributed by atoms with Gasteiger partial charge < -0.3 is 0 Å². The maximum atomic E-state index is 13.0. The molecule has 2 heteroatoms. The normalized spacial score (nSPS) is 18.0. The second-order valence-electron chi connectivity index (χ2n) is 6.93. The van der Waals surface area contributed by atoms with E-state index in [1.165, 1.54) is 37.8 Å². The number of likely N-dealkylation sites (N-methyl/N-ethyl adjacent to an activating group) is 1.